The van der Waals surface area contributed by atoms with Gasteiger partial charge in [-0.25, -0.2) is 0 Å². The molecular weight excluding hydrogens is 515 g/mol. The quantitative estimate of drug-likeness (QED) is 0.131. The molecule has 0 saturated heterocycles. The molecule has 0 radical (unpaired) electrons. The Morgan fingerprint density at radius 1 is 0.618 bits per heavy atom. The number of rotatable bonds is 11. The SMILES string of the molecule is CCC1[CH-]C2CCC1C2.CCC1[CH-]C2CCC1C2.[CH2-]C(CC)CCCCCCC([CH2-])CC.[Zn+2].[Zn+2]. The van der Waals surface area contributed by atoms with Gasteiger partial charge < -0.3 is 26.7 Å². The van der Waals surface area contributed by atoms with E-state index >= 15 is 0 Å². The molecule has 34 heavy (non-hydrogen) atoms. The van der Waals surface area contributed by atoms with Gasteiger partial charge in [0.2, 0.25) is 0 Å². The molecule has 4 fully saturated rings. The summed E-state index contributed by atoms with van der Waals surface area (Å²) in [5.41, 5.74) is 0. The van der Waals surface area contributed by atoms with Gasteiger partial charge in [0, 0.05) is 0 Å². The number of unbranched alkanes of at least 4 members (excludes halogenated alkanes) is 3. The molecular formula is C32H58Zn2. The normalized spacial score (nSPS) is 31.9. The molecule has 0 aromatic rings. The Labute approximate surface area is 242 Å². The summed E-state index contributed by atoms with van der Waals surface area (Å²) in [6.45, 7) is 17.3. The molecule has 4 aliphatic carbocycles. The predicted octanol–water partition coefficient (Wildman–Crippen LogP) is 10.3. The fourth-order valence-electron chi connectivity index (χ4n) is 6.81. The van der Waals surface area contributed by atoms with Crippen LogP contribution in [0.1, 0.15) is 130 Å². The van der Waals surface area contributed by atoms with Crippen molar-refractivity contribution in [3.8, 4) is 0 Å². The van der Waals surface area contributed by atoms with Crippen molar-refractivity contribution in [1.82, 2.24) is 0 Å². The monoisotopic (exact) mass is 570 g/mol. The summed E-state index contributed by atoms with van der Waals surface area (Å²) in [6.07, 6.45) is 27.7. The fraction of sp³-hybridized carbons (Fsp3) is 0.875. The second kappa shape index (κ2) is 20.2. The molecule has 4 rings (SSSR count). The van der Waals surface area contributed by atoms with E-state index in [0.29, 0.717) is 11.8 Å². The van der Waals surface area contributed by atoms with Crippen LogP contribution in [0.4, 0.5) is 0 Å². The molecule has 8 unspecified atom stereocenters. The third-order valence-electron chi connectivity index (χ3n) is 9.35. The Hall–Kier alpha value is 1.25. The Bertz CT molecular complexity index is 422. The second-order valence-electron chi connectivity index (χ2n) is 11.7. The molecule has 0 spiro atoms. The maximum Gasteiger partial charge on any atom is 2.00 e. The van der Waals surface area contributed by atoms with Crippen molar-refractivity contribution < 1.29 is 39.0 Å². The Kier molecular flexibility index (Phi) is 21.0. The van der Waals surface area contributed by atoms with E-state index in [9.17, 15) is 0 Å². The van der Waals surface area contributed by atoms with Gasteiger partial charge in [0.25, 0.3) is 0 Å². The number of hydrogen-bond acceptors (Lipinski definition) is 0. The topological polar surface area (TPSA) is 0 Å². The minimum Gasteiger partial charge on any atom is -0.340 e. The molecule has 190 valence electrons. The van der Waals surface area contributed by atoms with Crippen LogP contribution in [0.2, 0.25) is 0 Å². The smallest absolute Gasteiger partial charge is 0.340 e. The molecule has 2 heteroatoms. The average Bonchev–Trinajstić information content (AvgIpc) is 3.63. The molecule has 4 bridgehead atoms. The largest absolute Gasteiger partial charge is 2.00 e. The van der Waals surface area contributed by atoms with Gasteiger partial charge in [-0.2, -0.15) is 35.5 Å². The van der Waals surface area contributed by atoms with Crippen LogP contribution in [0.3, 0.4) is 0 Å². The van der Waals surface area contributed by atoms with Crippen LogP contribution in [0, 0.1) is 74.0 Å². The van der Waals surface area contributed by atoms with Gasteiger partial charge >= 0.3 is 39.0 Å². The summed E-state index contributed by atoms with van der Waals surface area (Å²) in [5.74, 6) is 7.63. The van der Waals surface area contributed by atoms with E-state index in [4.69, 9.17) is 0 Å². The third kappa shape index (κ3) is 12.7. The molecule has 8 atom stereocenters. The molecule has 0 amide bonds. The van der Waals surface area contributed by atoms with E-state index in [1.165, 1.54) is 103 Å². The zero-order valence-corrected chi connectivity index (χ0v) is 29.8. The van der Waals surface area contributed by atoms with Crippen molar-refractivity contribution in [3.63, 3.8) is 0 Å². The van der Waals surface area contributed by atoms with Crippen LogP contribution in [0.5, 0.6) is 0 Å². The van der Waals surface area contributed by atoms with Crippen molar-refractivity contribution in [2.75, 3.05) is 0 Å². The van der Waals surface area contributed by atoms with Crippen molar-refractivity contribution in [2.45, 2.75) is 130 Å². The van der Waals surface area contributed by atoms with Gasteiger partial charge in [-0.3, -0.25) is 0 Å². The first-order valence-corrected chi connectivity index (χ1v) is 14.9. The number of fused-ring (bicyclic) bond motifs is 4. The summed E-state index contributed by atoms with van der Waals surface area (Å²) >= 11 is 0. The zero-order chi connectivity index (χ0) is 23.3. The van der Waals surface area contributed by atoms with Crippen molar-refractivity contribution in [2.24, 2.45) is 47.3 Å². The summed E-state index contributed by atoms with van der Waals surface area (Å²) < 4.78 is 0. The van der Waals surface area contributed by atoms with E-state index in [1.54, 1.807) is 0 Å². The van der Waals surface area contributed by atoms with E-state index in [2.05, 4.69) is 54.4 Å². The Morgan fingerprint density at radius 3 is 1.21 bits per heavy atom. The summed E-state index contributed by atoms with van der Waals surface area (Å²) in [7, 11) is 0. The standard InChI is InChI=1S/C14H28.2C9H15.2Zn/c1-5-13(3)11-9-7-8-10-12-14(4)6-2;2*1-2-8-5-7-3-4-9(8)6-7;;/h13-14H,3-12H2,1-2H3;2*5,7-9H,2-4,6H2,1H3;;/q-2;2*-1;2*+2. The first-order chi connectivity index (χ1) is 15.5. The maximum atomic E-state index is 4.11. The van der Waals surface area contributed by atoms with Gasteiger partial charge in [0.15, 0.2) is 0 Å². The third-order valence-corrected chi connectivity index (χ3v) is 9.35. The van der Waals surface area contributed by atoms with Crippen LogP contribution in [0.25, 0.3) is 0 Å². The molecule has 0 aromatic carbocycles. The van der Waals surface area contributed by atoms with Gasteiger partial charge in [0.05, 0.1) is 0 Å². The summed E-state index contributed by atoms with van der Waals surface area (Å²) in [4.78, 5) is 0. The molecule has 0 aromatic heterocycles. The first kappa shape index (κ1) is 35.2. The van der Waals surface area contributed by atoms with Crippen LogP contribution in [-0.2, 0) is 39.0 Å². The molecule has 0 nitrogen and oxygen atoms in total. The van der Waals surface area contributed by atoms with Crippen LogP contribution < -0.4 is 0 Å². The van der Waals surface area contributed by atoms with Gasteiger partial charge in [-0.1, -0.05) is 142 Å². The van der Waals surface area contributed by atoms with Crippen molar-refractivity contribution >= 4 is 0 Å². The second-order valence-corrected chi connectivity index (χ2v) is 11.7. The minimum absolute atomic E-state index is 0. The van der Waals surface area contributed by atoms with Crippen LogP contribution in [0.15, 0.2) is 0 Å². The minimum atomic E-state index is 0. The zero-order valence-electron chi connectivity index (χ0n) is 23.9. The van der Waals surface area contributed by atoms with Gasteiger partial charge in [0.1, 0.15) is 0 Å². The van der Waals surface area contributed by atoms with E-state index in [-0.39, 0.29) is 39.0 Å². The molecule has 4 aliphatic rings. The average molecular weight is 574 g/mol. The van der Waals surface area contributed by atoms with E-state index in [1.807, 2.05) is 0 Å². The first-order valence-electron chi connectivity index (χ1n) is 14.9. The summed E-state index contributed by atoms with van der Waals surface area (Å²) in [6, 6.07) is 0. The van der Waals surface area contributed by atoms with Crippen molar-refractivity contribution in [1.29, 1.82) is 0 Å². The Morgan fingerprint density at radius 2 is 1.00 bits per heavy atom. The fourth-order valence-corrected chi connectivity index (χ4v) is 6.81. The van der Waals surface area contributed by atoms with Gasteiger partial charge in [-0.15, -0.1) is 0 Å². The Balaban J connectivity index is 0.000000478. The molecule has 0 aliphatic heterocycles. The van der Waals surface area contributed by atoms with Crippen LogP contribution in [-0.4, -0.2) is 0 Å². The predicted molar refractivity (Wildman–Crippen MR) is 144 cm³/mol. The molecule has 0 N–H and O–H groups in total. The van der Waals surface area contributed by atoms with Crippen molar-refractivity contribution in [3.05, 3.63) is 26.7 Å². The van der Waals surface area contributed by atoms with Gasteiger partial charge in [-0.05, 0) is 0 Å². The van der Waals surface area contributed by atoms with Crippen LogP contribution >= 0.6 is 0 Å². The van der Waals surface area contributed by atoms with E-state index < -0.39 is 0 Å². The van der Waals surface area contributed by atoms with E-state index in [0.717, 1.165) is 35.5 Å². The molecule has 4 saturated carbocycles. The maximum absolute atomic E-state index is 4.11. The summed E-state index contributed by atoms with van der Waals surface area (Å²) in [5, 5.41) is 0. The molecule has 0 heterocycles. The number of hydrogen-bond donors (Lipinski definition) is 0.